The number of benzene rings is 2. The molecule has 1 aliphatic heterocycles. The number of hydrogen-bond donors (Lipinski definition) is 0. The van der Waals surface area contributed by atoms with Crippen LogP contribution in [0.4, 0.5) is 5.69 Å². The van der Waals surface area contributed by atoms with Gasteiger partial charge in [0.15, 0.2) is 16.4 Å². The van der Waals surface area contributed by atoms with Gasteiger partial charge in [0.05, 0.1) is 18.9 Å². The topological polar surface area (TPSA) is 90.0 Å². The number of anilines is 1. The lowest BCUT2D eigenvalue weighted by Crippen LogP contribution is -2.43. The van der Waals surface area contributed by atoms with Crippen LogP contribution in [-0.2, 0) is 19.4 Å². The lowest BCUT2D eigenvalue weighted by Gasteiger charge is -2.27. The van der Waals surface area contributed by atoms with Crippen molar-refractivity contribution < 1.29 is 27.5 Å². The van der Waals surface area contributed by atoms with Crippen molar-refractivity contribution in [2.24, 2.45) is 0 Å². The molecule has 0 unspecified atom stereocenters. The molecule has 0 saturated heterocycles. The second kappa shape index (κ2) is 8.26. The largest absolute Gasteiger partial charge is 0.496 e. The highest BCUT2D eigenvalue weighted by Gasteiger charge is 2.32. The molecule has 28 heavy (non-hydrogen) atoms. The minimum absolute atomic E-state index is 0.201. The van der Waals surface area contributed by atoms with Crippen LogP contribution in [0.1, 0.15) is 10.4 Å². The molecule has 2 aromatic rings. The Morgan fingerprint density at radius 2 is 1.75 bits per heavy atom. The zero-order valence-electron chi connectivity index (χ0n) is 15.1. The lowest BCUT2D eigenvalue weighted by atomic mass is 10.2. The first kappa shape index (κ1) is 19.6. The summed E-state index contributed by atoms with van der Waals surface area (Å²) in [7, 11) is -1.93. The number of carbonyl (C=O) groups excluding carboxylic acids is 2. The van der Waals surface area contributed by atoms with E-state index in [1.54, 1.807) is 48.5 Å². The van der Waals surface area contributed by atoms with Gasteiger partial charge in [-0.2, -0.15) is 0 Å². The van der Waals surface area contributed by atoms with Gasteiger partial charge in [0, 0.05) is 11.1 Å². The monoisotopic (exact) mass is 401 g/mol. The van der Waals surface area contributed by atoms with E-state index in [2.05, 4.69) is 0 Å². The van der Waals surface area contributed by atoms with Gasteiger partial charge in [-0.05, 0) is 30.3 Å². The van der Waals surface area contributed by atoms with Gasteiger partial charge in [-0.1, -0.05) is 30.3 Å². The van der Waals surface area contributed by atoms with Crippen LogP contribution in [0, 0.1) is 0 Å². The van der Waals surface area contributed by atoms with E-state index in [-0.39, 0.29) is 11.3 Å². The molecule has 1 heterocycles. The lowest BCUT2D eigenvalue weighted by molar-refractivity contribution is -0.121. The van der Waals surface area contributed by atoms with Crippen LogP contribution < -0.4 is 9.64 Å². The third-order valence-electron chi connectivity index (χ3n) is 4.20. The van der Waals surface area contributed by atoms with Gasteiger partial charge >= 0.3 is 5.97 Å². The molecule has 1 atom stereocenters. The van der Waals surface area contributed by atoms with Crippen LogP contribution in [0.2, 0.25) is 0 Å². The van der Waals surface area contributed by atoms with Gasteiger partial charge in [0.1, 0.15) is 11.3 Å². The van der Waals surface area contributed by atoms with E-state index in [1.165, 1.54) is 24.2 Å². The van der Waals surface area contributed by atoms with E-state index < -0.39 is 34.4 Å². The Bertz CT molecular complexity index is 1000. The molecule has 0 aromatic heterocycles. The average Bonchev–Trinajstić information content (AvgIpc) is 3.06. The number of hydrogen-bond acceptors (Lipinski definition) is 6. The normalized spacial score (nSPS) is 17.1. The van der Waals surface area contributed by atoms with Gasteiger partial charge in [0.25, 0.3) is 5.91 Å². The molecule has 8 heteroatoms. The van der Waals surface area contributed by atoms with Crippen molar-refractivity contribution in [3.05, 3.63) is 71.6 Å². The van der Waals surface area contributed by atoms with Crippen molar-refractivity contribution in [1.82, 2.24) is 0 Å². The highest BCUT2D eigenvalue weighted by Crippen LogP contribution is 2.23. The summed E-state index contributed by atoms with van der Waals surface area (Å²) in [4.78, 5) is 26.5. The summed E-state index contributed by atoms with van der Waals surface area (Å²) < 4.78 is 33.9. The molecule has 0 radical (unpaired) electrons. The van der Waals surface area contributed by atoms with Crippen molar-refractivity contribution in [3.8, 4) is 5.75 Å². The molecule has 0 bridgehead atoms. The molecule has 1 aliphatic rings. The maximum atomic E-state index is 12.8. The summed E-state index contributed by atoms with van der Waals surface area (Å²) in [6.45, 7) is -0.532. The Morgan fingerprint density at radius 3 is 2.39 bits per heavy atom. The molecule has 0 saturated carbocycles. The van der Waals surface area contributed by atoms with Crippen LogP contribution >= 0.6 is 0 Å². The maximum absolute atomic E-state index is 12.8. The van der Waals surface area contributed by atoms with E-state index in [4.69, 9.17) is 9.47 Å². The standard InChI is InChI=1S/C20H19NO6S/c1-26-18-10-6-5-9-17(18)20(23)27-13-19(22)21(15-7-3-2-4-8-15)16-11-12-28(24,25)14-16/h2-12,16H,13-14H2,1H3/t16-/m1/s1. The molecule has 1 amide bonds. The molecule has 0 fully saturated rings. The third kappa shape index (κ3) is 4.40. The molecule has 3 rings (SSSR count). The Hall–Kier alpha value is -3.13. The Balaban J connectivity index is 1.77. The fraction of sp³-hybridized carbons (Fsp3) is 0.200. The Labute approximate surface area is 163 Å². The SMILES string of the molecule is COc1ccccc1C(=O)OCC(=O)N(c1ccccc1)[C@@H]1C=CS(=O)(=O)C1. The summed E-state index contributed by atoms with van der Waals surface area (Å²) in [6.07, 6.45) is 1.46. The number of ether oxygens (including phenoxy) is 2. The van der Waals surface area contributed by atoms with Crippen LogP contribution in [0.25, 0.3) is 0 Å². The molecule has 0 spiro atoms. The summed E-state index contributed by atoms with van der Waals surface area (Å²) in [5, 5.41) is 1.10. The van der Waals surface area contributed by atoms with E-state index in [1.807, 2.05) is 0 Å². The molecule has 2 aromatic carbocycles. The summed E-state index contributed by atoms with van der Waals surface area (Å²) in [6, 6.07) is 14.5. The number of esters is 1. The minimum atomic E-state index is -3.36. The van der Waals surface area contributed by atoms with Crippen molar-refractivity contribution in [2.75, 3.05) is 24.4 Å². The van der Waals surface area contributed by atoms with Crippen molar-refractivity contribution >= 4 is 27.4 Å². The van der Waals surface area contributed by atoms with E-state index >= 15 is 0 Å². The van der Waals surface area contributed by atoms with E-state index in [0.29, 0.717) is 11.4 Å². The van der Waals surface area contributed by atoms with Crippen molar-refractivity contribution in [2.45, 2.75) is 6.04 Å². The number of rotatable bonds is 6. The van der Waals surface area contributed by atoms with Gasteiger partial charge < -0.3 is 14.4 Å². The molecular formula is C20H19NO6S. The van der Waals surface area contributed by atoms with Crippen LogP contribution in [0.3, 0.4) is 0 Å². The molecular weight excluding hydrogens is 382 g/mol. The third-order valence-corrected chi connectivity index (χ3v) is 5.58. The number of nitrogens with zero attached hydrogens (tertiary/aromatic N) is 1. The van der Waals surface area contributed by atoms with E-state index in [0.717, 1.165) is 5.41 Å². The van der Waals surface area contributed by atoms with Gasteiger partial charge in [-0.15, -0.1) is 0 Å². The number of para-hydroxylation sites is 2. The smallest absolute Gasteiger partial charge is 0.342 e. The predicted octanol–water partition coefficient (Wildman–Crippen LogP) is 2.20. The second-order valence-corrected chi connectivity index (χ2v) is 8.03. The quantitative estimate of drug-likeness (QED) is 0.690. The molecule has 0 N–H and O–H groups in total. The van der Waals surface area contributed by atoms with Gasteiger partial charge in [0.2, 0.25) is 0 Å². The number of methoxy groups -OCH3 is 1. The maximum Gasteiger partial charge on any atom is 0.342 e. The number of sulfone groups is 1. The minimum Gasteiger partial charge on any atom is -0.496 e. The van der Waals surface area contributed by atoms with Crippen molar-refractivity contribution in [3.63, 3.8) is 0 Å². The zero-order valence-corrected chi connectivity index (χ0v) is 16.0. The fourth-order valence-corrected chi connectivity index (χ4v) is 4.19. The van der Waals surface area contributed by atoms with E-state index in [9.17, 15) is 18.0 Å². The fourth-order valence-electron chi connectivity index (χ4n) is 2.92. The van der Waals surface area contributed by atoms with Gasteiger partial charge in [-0.3, -0.25) is 4.79 Å². The molecule has 7 nitrogen and oxygen atoms in total. The average molecular weight is 401 g/mol. The molecule has 0 aliphatic carbocycles. The molecule has 146 valence electrons. The zero-order chi connectivity index (χ0) is 20.1. The summed E-state index contributed by atoms with van der Waals surface area (Å²) in [5.41, 5.74) is 0.722. The Kier molecular flexibility index (Phi) is 5.79. The van der Waals surface area contributed by atoms with Crippen LogP contribution in [0.5, 0.6) is 5.75 Å². The Morgan fingerprint density at radius 1 is 1.07 bits per heavy atom. The first-order valence-corrected chi connectivity index (χ1v) is 10.2. The highest BCUT2D eigenvalue weighted by atomic mass is 32.2. The van der Waals surface area contributed by atoms with Crippen LogP contribution in [-0.4, -0.2) is 45.8 Å². The summed E-state index contributed by atoms with van der Waals surface area (Å²) in [5.74, 6) is -1.10. The number of amides is 1. The summed E-state index contributed by atoms with van der Waals surface area (Å²) >= 11 is 0. The predicted molar refractivity (Wildman–Crippen MR) is 104 cm³/mol. The van der Waals surface area contributed by atoms with Gasteiger partial charge in [-0.25, -0.2) is 13.2 Å². The first-order valence-electron chi connectivity index (χ1n) is 8.49. The van der Waals surface area contributed by atoms with Crippen LogP contribution in [0.15, 0.2) is 66.1 Å². The number of carbonyl (C=O) groups is 2. The highest BCUT2D eigenvalue weighted by molar-refractivity contribution is 7.94. The first-order chi connectivity index (χ1) is 13.4. The second-order valence-electron chi connectivity index (χ2n) is 6.10. The van der Waals surface area contributed by atoms with Crippen molar-refractivity contribution in [1.29, 1.82) is 0 Å².